The molecule has 7 heteroatoms. The van der Waals surface area contributed by atoms with Gasteiger partial charge in [0.25, 0.3) is 11.7 Å². The Kier molecular flexibility index (Phi) is 6.56. The Balaban J connectivity index is 1.81. The van der Waals surface area contributed by atoms with Gasteiger partial charge < -0.3 is 10.0 Å². The molecule has 1 aliphatic rings. The smallest absolute Gasteiger partial charge is 0.295 e. The number of rotatable bonds is 5. The van der Waals surface area contributed by atoms with E-state index in [1.165, 1.54) is 4.90 Å². The molecule has 1 unspecified atom stereocenters. The first-order valence-electron chi connectivity index (χ1n) is 9.90. The van der Waals surface area contributed by atoms with E-state index in [0.717, 1.165) is 5.56 Å². The predicted octanol–water partition coefficient (Wildman–Crippen LogP) is 6.31. The van der Waals surface area contributed by atoms with Crippen LogP contribution in [0.15, 0.2) is 78.4 Å². The average molecular weight is 487 g/mol. The van der Waals surface area contributed by atoms with Crippen molar-refractivity contribution in [1.29, 1.82) is 0 Å². The van der Waals surface area contributed by atoms with E-state index in [9.17, 15) is 14.7 Å². The minimum Gasteiger partial charge on any atom is -0.507 e. The van der Waals surface area contributed by atoms with Crippen LogP contribution in [0, 0.1) is 0 Å². The van der Waals surface area contributed by atoms with Gasteiger partial charge in [-0.3, -0.25) is 9.59 Å². The molecule has 1 saturated heterocycles. The van der Waals surface area contributed by atoms with E-state index in [1.54, 1.807) is 42.5 Å². The Morgan fingerprint density at radius 3 is 2.22 bits per heavy atom. The first-order valence-corrected chi connectivity index (χ1v) is 11.0. The number of nitrogens with zero attached hydrogens (tertiary/aromatic N) is 1. The zero-order valence-electron chi connectivity index (χ0n) is 16.8. The van der Waals surface area contributed by atoms with Crippen LogP contribution in [0.1, 0.15) is 22.7 Å². The predicted molar refractivity (Wildman–Crippen MR) is 127 cm³/mol. The summed E-state index contributed by atoms with van der Waals surface area (Å²) in [6.07, 6.45) is 0.548. The number of hydrogen-bond acceptors (Lipinski definition) is 3. The fourth-order valence-corrected chi connectivity index (χ4v) is 4.23. The standard InChI is InChI=1S/C25H18Cl3NO3/c26-18-9-6-16(7-10-18)23(30)21-22(17-8-11-19(27)20(28)14-17)29(25(32)24(21)31)13-12-15-4-2-1-3-5-15/h1-11,14,22,30H,12-13H2. The van der Waals surface area contributed by atoms with Gasteiger partial charge in [-0.1, -0.05) is 71.2 Å². The largest absolute Gasteiger partial charge is 0.507 e. The molecule has 1 N–H and O–H groups in total. The van der Waals surface area contributed by atoms with E-state index in [4.69, 9.17) is 34.8 Å². The SMILES string of the molecule is O=C1C(=O)N(CCc2ccccc2)C(c2ccc(Cl)c(Cl)c2)C1=C(O)c1ccc(Cl)cc1. The van der Waals surface area contributed by atoms with Gasteiger partial charge >= 0.3 is 0 Å². The molecule has 0 bridgehead atoms. The molecule has 162 valence electrons. The maximum absolute atomic E-state index is 13.1. The van der Waals surface area contributed by atoms with Crippen molar-refractivity contribution in [3.63, 3.8) is 0 Å². The molecule has 32 heavy (non-hydrogen) atoms. The summed E-state index contributed by atoms with van der Waals surface area (Å²) in [5, 5.41) is 12.2. The second-order valence-corrected chi connectivity index (χ2v) is 8.66. The third kappa shape index (κ3) is 4.40. The average Bonchev–Trinajstić information content (AvgIpc) is 3.05. The Bertz CT molecular complexity index is 1210. The van der Waals surface area contributed by atoms with Gasteiger partial charge in [-0.2, -0.15) is 0 Å². The van der Waals surface area contributed by atoms with E-state index >= 15 is 0 Å². The molecule has 3 aromatic carbocycles. The van der Waals surface area contributed by atoms with Crippen LogP contribution in [0.5, 0.6) is 0 Å². The van der Waals surface area contributed by atoms with Crippen LogP contribution in [0.2, 0.25) is 15.1 Å². The van der Waals surface area contributed by atoms with E-state index < -0.39 is 17.7 Å². The van der Waals surface area contributed by atoms with Crippen LogP contribution >= 0.6 is 34.8 Å². The molecular formula is C25H18Cl3NO3. The summed E-state index contributed by atoms with van der Waals surface area (Å²) in [5.41, 5.74) is 2.01. The van der Waals surface area contributed by atoms with E-state index in [2.05, 4.69) is 0 Å². The number of hydrogen-bond donors (Lipinski definition) is 1. The van der Waals surface area contributed by atoms with Gasteiger partial charge in [0.1, 0.15) is 5.76 Å². The van der Waals surface area contributed by atoms with E-state index in [-0.39, 0.29) is 17.9 Å². The lowest BCUT2D eigenvalue weighted by atomic mass is 9.95. The van der Waals surface area contributed by atoms with Gasteiger partial charge in [-0.15, -0.1) is 0 Å². The molecule has 4 rings (SSSR count). The Labute approximate surface area is 200 Å². The molecule has 1 aliphatic heterocycles. The molecule has 0 saturated carbocycles. The second-order valence-electron chi connectivity index (χ2n) is 7.41. The lowest BCUT2D eigenvalue weighted by Gasteiger charge is -2.25. The second kappa shape index (κ2) is 9.37. The normalized spacial score (nSPS) is 17.7. The van der Waals surface area contributed by atoms with Crippen molar-refractivity contribution in [2.75, 3.05) is 6.54 Å². The minimum atomic E-state index is -0.802. The Morgan fingerprint density at radius 1 is 0.875 bits per heavy atom. The maximum Gasteiger partial charge on any atom is 0.295 e. The van der Waals surface area contributed by atoms with Gasteiger partial charge in [0.05, 0.1) is 21.7 Å². The molecule has 0 radical (unpaired) electrons. The van der Waals surface area contributed by atoms with Crippen molar-refractivity contribution >= 4 is 52.3 Å². The molecule has 0 aliphatic carbocycles. The maximum atomic E-state index is 13.1. The van der Waals surface area contributed by atoms with Crippen molar-refractivity contribution < 1.29 is 14.7 Å². The topological polar surface area (TPSA) is 57.6 Å². The number of carbonyl (C=O) groups is 2. The minimum absolute atomic E-state index is 0.00349. The lowest BCUT2D eigenvalue weighted by Crippen LogP contribution is -2.31. The molecule has 1 atom stereocenters. The zero-order chi connectivity index (χ0) is 22.8. The van der Waals surface area contributed by atoms with Crippen LogP contribution in [0.4, 0.5) is 0 Å². The van der Waals surface area contributed by atoms with Crippen LogP contribution in [0.3, 0.4) is 0 Å². The third-order valence-electron chi connectivity index (χ3n) is 5.40. The Morgan fingerprint density at radius 2 is 1.56 bits per heavy atom. The summed E-state index contributed by atoms with van der Waals surface area (Å²) in [6.45, 7) is 0.289. The van der Waals surface area contributed by atoms with Gasteiger partial charge in [0, 0.05) is 17.1 Å². The van der Waals surface area contributed by atoms with Crippen LogP contribution in [-0.4, -0.2) is 28.2 Å². The van der Waals surface area contributed by atoms with Gasteiger partial charge in [-0.25, -0.2) is 0 Å². The van der Waals surface area contributed by atoms with Crippen LogP contribution in [0.25, 0.3) is 5.76 Å². The highest BCUT2D eigenvalue weighted by Gasteiger charge is 2.45. The molecule has 0 spiro atoms. The number of Topliss-reactive ketones (excluding diaryl/α,β-unsaturated/α-hetero) is 1. The van der Waals surface area contributed by atoms with Crippen molar-refractivity contribution in [3.05, 3.63) is 110 Å². The molecule has 1 amide bonds. The number of aliphatic hydroxyl groups is 1. The van der Waals surface area contributed by atoms with Crippen molar-refractivity contribution in [1.82, 2.24) is 4.90 Å². The summed E-state index contributed by atoms with van der Waals surface area (Å²) in [4.78, 5) is 27.5. The summed E-state index contributed by atoms with van der Waals surface area (Å²) in [5.74, 6) is -1.69. The molecule has 1 heterocycles. The number of halogens is 3. The zero-order valence-corrected chi connectivity index (χ0v) is 19.0. The number of carbonyl (C=O) groups excluding carboxylic acids is 2. The number of likely N-dealkylation sites (tertiary alicyclic amines) is 1. The van der Waals surface area contributed by atoms with E-state index in [0.29, 0.717) is 32.6 Å². The highest BCUT2D eigenvalue weighted by molar-refractivity contribution is 6.47. The number of benzene rings is 3. The first kappa shape index (κ1) is 22.4. The number of aliphatic hydroxyl groups excluding tert-OH is 1. The number of ketones is 1. The van der Waals surface area contributed by atoms with Crippen molar-refractivity contribution in [3.8, 4) is 0 Å². The molecular weight excluding hydrogens is 469 g/mol. The Hall–Kier alpha value is -2.79. The first-order chi connectivity index (χ1) is 15.4. The molecule has 3 aromatic rings. The fraction of sp³-hybridized carbons (Fsp3) is 0.120. The monoisotopic (exact) mass is 485 g/mol. The van der Waals surface area contributed by atoms with Gasteiger partial charge in [0.15, 0.2) is 0 Å². The summed E-state index contributed by atoms with van der Waals surface area (Å²) >= 11 is 18.3. The highest BCUT2D eigenvalue weighted by Crippen LogP contribution is 2.41. The van der Waals surface area contributed by atoms with Crippen molar-refractivity contribution in [2.24, 2.45) is 0 Å². The summed E-state index contributed by atoms with van der Waals surface area (Å²) < 4.78 is 0. The quantitative estimate of drug-likeness (QED) is 0.261. The summed E-state index contributed by atoms with van der Waals surface area (Å²) in [7, 11) is 0. The highest BCUT2D eigenvalue weighted by atomic mass is 35.5. The van der Waals surface area contributed by atoms with Gasteiger partial charge in [0.2, 0.25) is 0 Å². The molecule has 0 aromatic heterocycles. The molecule has 1 fully saturated rings. The van der Waals surface area contributed by atoms with Crippen molar-refractivity contribution in [2.45, 2.75) is 12.5 Å². The lowest BCUT2D eigenvalue weighted by molar-refractivity contribution is -0.139. The van der Waals surface area contributed by atoms with E-state index in [1.807, 2.05) is 30.3 Å². The third-order valence-corrected chi connectivity index (χ3v) is 6.39. The fourth-order valence-electron chi connectivity index (χ4n) is 3.80. The van der Waals surface area contributed by atoms with Crippen LogP contribution in [-0.2, 0) is 16.0 Å². The number of amides is 1. The van der Waals surface area contributed by atoms with Crippen LogP contribution < -0.4 is 0 Å². The summed E-state index contributed by atoms with van der Waals surface area (Å²) in [6, 6.07) is 20.2. The van der Waals surface area contributed by atoms with Gasteiger partial charge in [-0.05, 0) is 53.9 Å². The molecule has 4 nitrogen and oxygen atoms in total.